The van der Waals surface area contributed by atoms with Crippen molar-refractivity contribution in [3.8, 4) is 11.1 Å². The molecule has 0 fully saturated rings. The number of furan rings is 1. The van der Waals surface area contributed by atoms with E-state index in [-0.39, 0.29) is 11.9 Å². The molecule has 19 heavy (non-hydrogen) atoms. The highest BCUT2D eigenvalue weighted by Gasteiger charge is 2.36. The van der Waals surface area contributed by atoms with Crippen LogP contribution in [-0.2, 0) is 9.53 Å². The number of carbonyl (C=O) groups is 1. The average Bonchev–Trinajstić information content (AvgIpc) is 3.02. The van der Waals surface area contributed by atoms with Gasteiger partial charge in [0, 0.05) is 5.56 Å². The van der Waals surface area contributed by atoms with E-state index >= 15 is 0 Å². The summed E-state index contributed by atoms with van der Waals surface area (Å²) in [5, 5.41) is 0. The van der Waals surface area contributed by atoms with E-state index < -0.39 is 0 Å². The Morgan fingerprint density at radius 2 is 2.11 bits per heavy atom. The number of hydrogen-bond acceptors (Lipinski definition) is 3. The second kappa shape index (κ2) is 4.85. The molecule has 1 aromatic heterocycles. The lowest BCUT2D eigenvalue weighted by Gasteiger charge is -2.13. The number of hydrogen-bond donors (Lipinski definition) is 0. The molecule has 2 aromatic rings. The maximum Gasteiger partial charge on any atom is 0.335 e. The molecule has 4 heteroatoms. The van der Waals surface area contributed by atoms with Crippen LogP contribution in [0.3, 0.4) is 0 Å². The molecule has 0 radical (unpaired) electrons. The molecule has 0 saturated carbocycles. The third kappa shape index (κ3) is 1.82. The van der Waals surface area contributed by atoms with Crippen LogP contribution in [0.5, 0.6) is 0 Å². The highest BCUT2D eigenvalue weighted by atomic mass is 127. The van der Waals surface area contributed by atoms with Crippen LogP contribution in [0.1, 0.15) is 17.2 Å². The SMILES string of the molecule is COC(=O)/C(=C\I)C1c2ccccc2-c2ccoc21. The molecule has 1 aromatic carbocycles. The first-order valence-corrected chi connectivity index (χ1v) is 7.07. The summed E-state index contributed by atoms with van der Waals surface area (Å²) in [6.45, 7) is 0. The van der Waals surface area contributed by atoms with Crippen molar-refractivity contribution in [3.63, 3.8) is 0 Å². The fraction of sp³-hybridized carbons (Fsp3) is 0.133. The number of esters is 1. The third-order valence-electron chi connectivity index (χ3n) is 3.37. The zero-order valence-electron chi connectivity index (χ0n) is 10.2. The first-order chi connectivity index (χ1) is 9.27. The molecule has 96 valence electrons. The van der Waals surface area contributed by atoms with Gasteiger partial charge >= 0.3 is 5.97 Å². The molecular weight excluding hydrogens is 355 g/mol. The van der Waals surface area contributed by atoms with Gasteiger partial charge in [0.2, 0.25) is 0 Å². The molecule has 0 amide bonds. The molecule has 0 saturated heterocycles. The van der Waals surface area contributed by atoms with E-state index in [1.807, 2.05) is 30.3 Å². The Morgan fingerprint density at radius 1 is 1.32 bits per heavy atom. The normalized spacial score (nSPS) is 16.9. The lowest BCUT2D eigenvalue weighted by atomic mass is 9.93. The third-order valence-corrected chi connectivity index (χ3v) is 4.04. The number of halogens is 1. The molecule has 1 heterocycles. The zero-order valence-corrected chi connectivity index (χ0v) is 12.4. The molecule has 1 aliphatic rings. The minimum absolute atomic E-state index is 0.175. The zero-order chi connectivity index (χ0) is 13.4. The van der Waals surface area contributed by atoms with E-state index in [2.05, 4.69) is 22.6 Å². The van der Waals surface area contributed by atoms with Crippen molar-refractivity contribution < 1.29 is 13.9 Å². The maximum atomic E-state index is 11.9. The number of methoxy groups -OCH3 is 1. The fourth-order valence-electron chi connectivity index (χ4n) is 2.55. The maximum absolute atomic E-state index is 11.9. The van der Waals surface area contributed by atoms with Crippen molar-refractivity contribution in [2.75, 3.05) is 7.11 Å². The number of rotatable bonds is 2. The first-order valence-electron chi connectivity index (χ1n) is 5.83. The average molecular weight is 366 g/mol. The summed E-state index contributed by atoms with van der Waals surface area (Å²) in [6, 6.07) is 9.98. The van der Waals surface area contributed by atoms with Gasteiger partial charge in [-0.15, -0.1) is 0 Å². The Morgan fingerprint density at radius 3 is 2.84 bits per heavy atom. The van der Waals surface area contributed by atoms with Crippen molar-refractivity contribution in [2.24, 2.45) is 0 Å². The largest absolute Gasteiger partial charge is 0.468 e. The molecule has 0 bridgehead atoms. The molecule has 1 aliphatic carbocycles. The van der Waals surface area contributed by atoms with E-state index in [9.17, 15) is 4.79 Å². The number of carbonyl (C=O) groups excluding carboxylic acids is 1. The Kier molecular flexibility index (Phi) is 3.18. The number of fused-ring (bicyclic) bond motifs is 3. The fourth-order valence-corrected chi connectivity index (χ4v) is 3.17. The Bertz CT molecular complexity index is 670. The van der Waals surface area contributed by atoms with Crippen LogP contribution in [0, 0.1) is 0 Å². The number of ether oxygens (including phenoxy) is 1. The molecule has 1 atom stereocenters. The van der Waals surface area contributed by atoms with Gasteiger partial charge in [-0.2, -0.15) is 0 Å². The minimum Gasteiger partial charge on any atom is -0.468 e. The molecule has 0 spiro atoms. The van der Waals surface area contributed by atoms with Crippen LogP contribution in [0.25, 0.3) is 11.1 Å². The summed E-state index contributed by atoms with van der Waals surface area (Å²) in [7, 11) is 1.40. The van der Waals surface area contributed by atoms with Gasteiger partial charge in [0.1, 0.15) is 5.76 Å². The number of benzene rings is 1. The van der Waals surface area contributed by atoms with Gasteiger partial charge in [0.05, 0.1) is 24.9 Å². The van der Waals surface area contributed by atoms with Gasteiger partial charge in [-0.25, -0.2) is 4.79 Å². The van der Waals surface area contributed by atoms with E-state index in [0.717, 1.165) is 22.5 Å². The van der Waals surface area contributed by atoms with E-state index in [1.165, 1.54) is 7.11 Å². The molecule has 0 aliphatic heterocycles. The van der Waals surface area contributed by atoms with Crippen LogP contribution >= 0.6 is 22.6 Å². The van der Waals surface area contributed by atoms with Gasteiger partial charge < -0.3 is 9.15 Å². The lowest BCUT2D eigenvalue weighted by molar-refractivity contribution is -0.136. The highest BCUT2D eigenvalue weighted by Crippen LogP contribution is 2.48. The monoisotopic (exact) mass is 366 g/mol. The Balaban J connectivity index is 2.20. The highest BCUT2D eigenvalue weighted by molar-refractivity contribution is 14.1. The summed E-state index contributed by atoms with van der Waals surface area (Å²) in [6.07, 6.45) is 1.66. The van der Waals surface area contributed by atoms with E-state index in [0.29, 0.717) is 5.57 Å². The van der Waals surface area contributed by atoms with Gasteiger partial charge in [-0.05, 0) is 21.3 Å². The summed E-state index contributed by atoms with van der Waals surface area (Å²) in [4.78, 5) is 11.9. The summed E-state index contributed by atoms with van der Waals surface area (Å²) in [5.41, 5.74) is 3.87. The van der Waals surface area contributed by atoms with Gasteiger partial charge in [0.15, 0.2) is 0 Å². The lowest BCUT2D eigenvalue weighted by Crippen LogP contribution is -2.12. The van der Waals surface area contributed by atoms with Gasteiger partial charge in [0.25, 0.3) is 0 Å². The second-order valence-corrected chi connectivity index (χ2v) is 4.90. The van der Waals surface area contributed by atoms with E-state index in [1.54, 1.807) is 10.3 Å². The topological polar surface area (TPSA) is 39.4 Å². The van der Waals surface area contributed by atoms with Crippen LogP contribution in [-0.4, -0.2) is 13.1 Å². The summed E-state index contributed by atoms with van der Waals surface area (Å²) in [5.74, 6) is 0.318. The molecule has 0 N–H and O–H groups in total. The quantitative estimate of drug-likeness (QED) is 0.460. The van der Waals surface area contributed by atoms with Gasteiger partial charge in [-0.3, -0.25) is 0 Å². The second-order valence-electron chi connectivity index (χ2n) is 4.27. The van der Waals surface area contributed by atoms with Crippen molar-refractivity contribution in [2.45, 2.75) is 5.92 Å². The summed E-state index contributed by atoms with van der Waals surface area (Å²) >= 11 is 2.07. The van der Waals surface area contributed by atoms with Crippen molar-refractivity contribution in [1.82, 2.24) is 0 Å². The Hall–Kier alpha value is -1.56. The molecule has 1 unspecified atom stereocenters. The van der Waals surface area contributed by atoms with Crippen LogP contribution in [0.4, 0.5) is 0 Å². The smallest absolute Gasteiger partial charge is 0.335 e. The van der Waals surface area contributed by atoms with Crippen LogP contribution < -0.4 is 0 Å². The van der Waals surface area contributed by atoms with Gasteiger partial charge in [-0.1, -0.05) is 46.9 Å². The predicted molar refractivity (Wildman–Crippen MR) is 80.1 cm³/mol. The first kappa shape index (κ1) is 12.5. The van der Waals surface area contributed by atoms with Crippen LogP contribution in [0.15, 0.2) is 50.7 Å². The molecule has 3 rings (SSSR count). The molecular formula is C15H11IO3. The van der Waals surface area contributed by atoms with E-state index in [4.69, 9.17) is 9.15 Å². The van der Waals surface area contributed by atoms with Crippen molar-refractivity contribution in [1.29, 1.82) is 0 Å². The standard InChI is InChI=1S/C15H11IO3/c1-18-15(17)12(8-16)13-10-5-3-2-4-9(10)11-6-7-19-14(11)13/h2-8,13H,1H3/b12-8-. The summed E-state index contributed by atoms with van der Waals surface area (Å²) < 4.78 is 12.2. The minimum atomic E-state index is -0.321. The van der Waals surface area contributed by atoms with Crippen molar-refractivity contribution >= 4 is 28.6 Å². The predicted octanol–water partition coefficient (Wildman–Crippen LogP) is 3.88. The molecule has 3 nitrogen and oxygen atoms in total. The Labute approximate surface area is 124 Å². The van der Waals surface area contributed by atoms with Crippen LogP contribution in [0.2, 0.25) is 0 Å². The van der Waals surface area contributed by atoms with Crippen molar-refractivity contribution in [3.05, 3.63) is 57.6 Å².